The molecule has 28 heavy (non-hydrogen) atoms. The van der Waals surface area contributed by atoms with Gasteiger partial charge in [-0.05, 0) is 75.9 Å². The van der Waals surface area contributed by atoms with Crippen molar-refractivity contribution in [2.75, 3.05) is 27.2 Å². The zero-order valence-corrected chi connectivity index (χ0v) is 18.2. The van der Waals surface area contributed by atoms with Crippen LogP contribution in [0.25, 0.3) is 0 Å². The number of halogens is 1. The molecule has 0 spiro atoms. The van der Waals surface area contributed by atoms with Gasteiger partial charge in [0.1, 0.15) is 0 Å². The van der Waals surface area contributed by atoms with Gasteiger partial charge in [0.2, 0.25) is 11.8 Å². The van der Waals surface area contributed by atoms with Crippen molar-refractivity contribution < 1.29 is 9.59 Å². The molecule has 2 unspecified atom stereocenters. The number of hydrogen-bond acceptors (Lipinski definition) is 4. The number of rotatable bonds is 7. The Kier molecular flexibility index (Phi) is 5.49. The molecule has 2 N–H and O–H groups in total. The van der Waals surface area contributed by atoms with Crippen LogP contribution >= 0.6 is 22.9 Å². The van der Waals surface area contributed by atoms with E-state index in [4.69, 9.17) is 11.6 Å². The van der Waals surface area contributed by atoms with Crippen molar-refractivity contribution in [3.63, 3.8) is 0 Å². The number of thiophene rings is 1. The van der Waals surface area contributed by atoms with Crippen LogP contribution in [0.5, 0.6) is 0 Å². The molecular weight excluding hydrogens is 394 g/mol. The van der Waals surface area contributed by atoms with Crippen molar-refractivity contribution in [1.29, 1.82) is 0 Å². The average molecular weight is 424 g/mol. The van der Waals surface area contributed by atoms with Gasteiger partial charge in [0, 0.05) is 16.3 Å². The third kappa shape index (κ3) is 3.96. The third-order valence-corrected chi connectivity index (χ3v) is 8.28. The smallest absolute Gasteiger partial charge is 0.239 e. The van der Waals surface area contributed by atoms with Gasteiger partial charge in [0.25, 0.3) is 0 Å². The van der Waals surface area contributed by atoms with Crippen LogP contribution in [0.3, 0.4) is 0 Å². The maximum absolute atomic E-state index is 13.0. The summed E-state index contributed by atoms with van der Waals surface area (Å²) in [5.41, 5.74) is -0.352. The molecule has 1 aromatic rings. The highest BCUT2D eigenvalue weighted by atomic mass is 35.5. The molecular formula is C21H30ClN3O2S. The molecule has 4 bridgehead atoms. The first kappa shape index (κ1) is 20.2. The van der Waals surface area contributed by atoms with Gasteiger partial charge in [-0.15, -0.1) is 22.9 Å². The minimum atomic E-state index is -0.352. The van der Waals surface area contributed by atoms with Gasteiger partial charge in [0.15, 0.2) is 0 Å². The topological polar surface area (TPSA) is 61.4 Å². The molecule has 4 fully saturated rings. The van der Waals surface area contributed by atoms with Crippen LogP contribution in [0.2, 0.25) is 0 Å². The molecule has 1 aromatic heterocycles. The summed E-state index contributed by atoms with van der Waals surface area (Å²) < 4.78 is 0. The lowest BCUT2D eigenvalue weighted by Crippen LogP contribution is -2.59. The first-order chi connectivity index (χ1) is 13.3. The quantitative estimate of drug-likeness (QED) is 0.662. The number of nitrogens with one attached hydrogen (secondary N) is 2. The number of carbonyl (C=O) groups excluding carboxylic acids is 2. The summed E-state index contributed by atoms with van der Waals surface area (Å²) >= 11 is 8.51. The lowest BCUT2D eigenvalue weighted by molar-refractivity contribution is -0.145. The largest absolute Gasteiger partial charge is 0.353 e. The predicted molar refractivity (Wildman–Crippen MR) is 112 cm³/mol. The minimum absolute atomic E-state index is 0.0317. The first-order valence-corrected chi connectivity index (χ1v) is 11.5. The van der Waals surface area contributed by atoms with Gasteiger partial charge >= 0.3 is 0 Å². The molecule has 2 amide bonds. The second-order valence-electron chi connectivity index (χ2n) is 9.37. The molecule has 154 valence electrons. The summed E-state index contributed by atoms with van der Waals surface area (Å²) in [6, 6.07) is 4.24. The SMILES string of the molecule is CN(C)[C@@H](CNC(=O)CNC(=O)C12C[C@@H]3C[C@@H](CC(Cl)(C3)C1)C2)c1cccs1. The third-order valence-electron chi connectivity index (χ3n) is 6.87. The second kappa shape index (κ2) is 7.62. The van der Waals surface area contributed by atoms with E-state index in [0.717, 1.165) is 32.1 Å². The summed E-state index contributed by atoms with van der Waals surface area (Å²) in [4.78, 5) is 28.5. The molecule has 4 aliphatic carbocycles. The Labute approximate surface area is 176 Å². The number of likely N-dealkylation sites (N-methyl/N-ethyl adjacent to an activating group) is 1. The number of alkyl halides is 1. The zero-order chi connectivity index (χ0) is 19.9. The summed E-state index contributed by atoms with van der Waals surface area (Å²) in [5, 5.41) is 7.94. The van der Waals surface area contributed by atoms with Crippen molar-refractivity contribution in [1.82, 2.24) is 15.5 Å². The Hall–Kier alpha value is -1.11. The molecule has 0 aromatic carbocycles. The van der Waals surface area contributed by atoms with Crippen LogP contribution in [0.4, 0.5) is 0 Å². The zero-order valence-electron chi connectivity index (χ0n) is 16.7. The van der Waals surface area contributed by atoms with E-state index in [2.05, 4.69) is 21.6 Å². The average Bonchev–Trinajstić information content (AvgIpc) is 3.11. The highest BCUT2D eigenvalue weighted by Gasteiger charge is 2.60. The van der Waals surface area contributed by atoms with E-state index in [0.29, 0.717) is 18.4 Å². The Balaban J connectivity index is 1.30. The van der Waals surface area contributed by atoms with Crippen LogP contribution in [0.15, 0.2) is 17.5 Å². The Morgan fingerprint density at radius 1 is 1.25 bits per heavy atom. The van der Waals surface area contributed by atoms with E-state index in [-0.39, 0.29) is 34.7 Å². The maximum Gasteiger partial charge on any atom is 0.239 e. The molecule has 5 rings (SSSR count). The molecule has 1 heterocycles. The van der Waals surface area contributed by atoms with Crippen LogP contribution in [-0.4, -0.2) is 48.8 Å². The van der Waals surface area contributed by atoms with Crippen molar-refractivity contribution >= 4 is 34.8 Å². The molecule has 5 atom stereocenters. The lowest BCUT2D eigenvalue weighted by atomic mass is 9.49. The lowest BCUT2D eigenvalue weighted by Gasteiger charge is -2.59. The maximum atomic E-state index is 13.0. The van der Waals surface area contributed by atoms with E-state index in [9.17, 15) is 9.59 Å². The van der Waals surface area contributed by atoms with Gasteiger partial charge in [-0.2, -0.15) is 0 Å². The van der Waals surface area contributed by atoms with Gasteiger partial charge in [-0.25, -0.2) is 0 Å². The predicted octanol–water partition coefficient (Wildman–Crippen LogP) is 3.16. The Morgan fingerprint density at radius 3 is 2.54 bits per heavy atom. The molecule has 0 aliphatic heterocycles. The van der Waals surface area contributed by atoms with Crippen LogP contribution in [0, 0.1) is 17.3 Å². The van der Waals surface area contributed by atoms with Crippen LogP contribution in [0.1, 0.15) is 49.4 Å². The van der Waals surface area contributed by atoms with Gasteiger partial charge in [-0.1, -0.05) is 6.07 Å². The monoisotopic (exact) mass is 423 g/mol. The molecule has 5 nitrogen and oxygen atoms in total. The summed E-state index contributed by atoms with van der Waals surface area (Å²) in [6.45, 7) is 0.568. The first-order valence-electron chi connectivity index (χ1n) is 10.2. The van der Waals surface area contributed by atoms with Crippen molar-refractivity contribution in [3.8, 4) is 0 Å². The van der Waals surface area contributed by atoms with E-state index >= 15 is 0 Å². The van der Waals surface area contributed by atoms with Crippen LogP contribution < -0.4 is 10.6 Å². The van der Waals surface area contributed by atoms with Crippen LogP contribution in [-0.2, 0) is 9.59 Å². The standard InChI is InChI=1S/C21H30ClN3O2S/c1-25(2)16(17-4-3-5-28-17)11-23-18(26)12-24-19(27)20-7-14-6-15(8-20)10-21(22,9-14)13-20/h3-5,14-16H,6-13H2,1-2H3,(H,23,26)(H,24,27)/t14-,15+,16-,20?,21?/m0/s1. The Morgan fingerprint density at radius 2 is 1.96 bits per heavy atom. The normalized spacial score (nSPS) is 34.4. The van der Waals surface area contributed by atoms with E-state index in [1.54, 1.807) is 11.3 Å². The number of amides is 2. The molecule has 4 aliphatic rings. The summed E-state index contributed by atoms with van der Waals surface area (Å²) in [5.74, 6) is 1.04. The van der Waals surface area contributed by atoms with E-state index in [1.165, 1.54) is 11.3 Å². The van der Waals surface area contributed by atoms with Gasteiger partial charge < -0.3 is 15.5 Å². The van der Waals surface area contributed by atoms with Crippen molar-refractivity contribution in [2.45, 2.75) is 49.4 Å². The highest BCUT2D eigenvalue weighted by molar-refractivity contribution is 7.10. The fourth-order valence-electron chi connectivity index (χ4n) is 6.06. The Bertz CT molecular complexity index is 722. The minimum Gasteiger partial charge on any atom is -0.353 e. The summed E-state index contributed by atoms with van der Waals surface area (Å²) in [6.07, 6.45) is 5.96. The highest BCUT2D eigenvalue weighted by Crippen LogP contribution is 2.63. The van der Waals surface area contributed by atoms with E-state index in [1.807, 2.05) is 25.5 Å². The number of hydrogen-bond donors (Lipinski definition) is 2. The summed E-state index contributed by atoms with van der Waals surface area (Å²) in [7, 11) is 4.01. The van der Waals surface area contributed by atoms with Gasteiger partial charge in [-0.3, -0.25) is 9.59 Å². The van der Waals surface area contributed by atoms with Gasteiger partial charge in [0.05, 0.1) is 18.0 Å². The number of carbonyl (C=O) groups is 2. The number of nitrogens with zero attached hydrogens (tertiary/aromatic N) is 1. The molecule has 0 saturated heterocycles. The fourth-order valence-corrected chi connectivity index (χ4v) is 7.67. The fraction of sp³-hybridized carbons (Fsp3) is 0.714. The van der Waals surface area contributed by atoms with Crippen molar-refractivity contribution in [2.24, 2.45) is 17.3 Å². The molecule has 4 saturated carbocycles. The van der Waals surface area contributed by atoms with Crippen molar-refractivity contribution in [3.05, 3.63) is 22.4 Å². The molecule has 0 radical (unpaired) electrons. The second-order valence-corrected chi connectivity index (χ2v) is 11.2. The molecule has 7 heteroatoms. The van der Waals surface area contributed by atoms with E-state index < -0.39 is 0 Å².